The molecule has 1 heteroatoms. The number of hydrogen-bond donors (Lipinski definition) is 0. The summed E-state index contributed by atoms with van der Waals surface area (Å²) in [6.07, 6.45) is 7.75. The molecule has 0 aromatic heterocycles. The summed E-state index contributed by atoms with van der Waals surface area (Å²) < 4.78 is 0. The molecule has 0 aliphatic heterocycles. The molecule has 2 aromatic carbocycles. The number of aryl methyl sites for hydroxylation is 2. The van der Waals surface area contributed by atoms with Crippen LogP contribution in [0.25, 0.3) is 0 Å². The summed E-state index contributed by atoms with van der Waals surface area (Å²) in [5.74, 6) is 0. The van der Waals surface area contributed by atoms with Gasteiger partial charge in [0, 0.05) is 0 Å². The third kappa shape index (κ3) is 8.87. The zero-order valence-corrected chi connectivity index (χ0v) is 13.5. The minimum Gasteiger partial charge on any atom is -0.213 e. The van der Waals surface area contributed by atoms with Gasteiger partial charge in [0.15, 0.2) is 0 Å². The van der Waals surface area contributed by atoms with Gasteiger partial charge in [0.1, 0.15) is 0 Å². The molecule has 0 unspecified atom stereocenters. The van der Waals surface area contributed by atoms with E-state index in [1.807, 2.05) is 0 Å². The van der Waals surface area contributed by atoms with Crippen LogP contribution in [0.4, 0.5) is 0 Å². The predicted octanol–water partition coefficient (Wildman–Crippen LogP) is 5.49. The largest absolute Gasteiger partial charge is 2.00 e. The van der Waals surface area contributed by atoms with E-state index >= 15 is 0 Å². The normalized spacial score (nSPS) is 9.37. The van der Waals surface area contributed by atoms with Crippen molar-refractivity contribution >= 4 is 0 Å². The van der Waals surface area contributed by atoms with Crippen LogP contribution in [0.1, 0.15) is 50.7 Å². The van der Waals surface area contributed by atoms with Crippen LogP contribution >= 0.6 is 0 Å². The maximum Gasteiger partial charge on any atom is 2.00 e. The Morgan fingerprint density at radius 2 is 1.21 bits per heavy atom. The van der Waals surface area contributed by atoms with Crippen molar-refractivity contribution in [2.75, 3.05) is 0 Å². The van der Waals surface area contributed by atoms with Crippen molar-refractivity contribution in [1.29, 1.82) is 0 Å². The molecule has 0 nitrogen and oxygen atoms in total. The minimum atomic E-state index is 0. The van der Waals surface area contributed by atoms with E-state index in [1.54, 1.807) is 0 Å². The van der Waals surface area contributed by atoms with Gasteiger partial charge in [0.05, 0.1) is 0 Å². The Bertz CT molecular complexity index is 318. The van der Waals surface area contributed by atoms with Crippen molar-refractivity contribution in [1.82, 2.24) is 0 Å². The average Bonchev–Trinajstić information content (AvgIpc) is 3.07. The Hall–Kier alpha value is -0.768. The summed E-state index contributed by atoms with van der Waals surface area (Å²) >= 11 is 0. The van der Waals surface area contributed by atoms with Crippen molar-refractivity contribution in [3.63, 3.8) is 0 Å². The molecule has 0 amide bonds. The molecule has 0 radical (unpaired) electrons. The molecule has 19 heavy (non-hydrogen) atoms. The first-order chi connectivity index (χ1) is 8.86. The van der Waals surface area contributed by atoms with E-state index in [1.165, 1.54) is 49.7 Å². The average molecular weight is 294 g/mol. The van der Waals surface area contributed by atoms with Crippen LogP contribution in [-0.2, 0) is 30.2 Å². The van der Waals surface area contributed by atoms with Crippen molar-refractivity contribution in [3.8, 4) is 0 Å². The molecule has 0 heterocycles. The number of rotatable bonds is 6. The first-order valence-corrected chi connectivity index (χ1v) is 7.28. The predicted molar refractivity (Wildman–Crippen MR) is 81.3 cm³/mol. The first-order valence-electron chi connectivity index (χ1n) is 7.28. The van der Waals surface area contributed by atoms with Crippen LogP contribution in [-0.4, -0.2) is 0 Å². The van der Waals surface area contributed by atoms with E-state index in [9.17, 15) is 0 Å². The molecule has 0 aliphatic rings. The van der Waals surface area contributed by atoms with Gasteiger partial charge >= 0.3 is 17.4 Å². The SMILES string of the molecule is CCCCc1ccc[cH-]1.CCCCc1ccc[cH-]1.[Cr+2]. The molecule has 0 N–H and O–H groups in total. The van der Waals surface area contributed by atoms with Crippen LogP contribution in [0.15, 0.2) is 48.5 Å². The topological polar surface area (TPSA) is 0 Å². The van der Waals surface area contributed by atoms with E-state index in [4.69, 9.17) is 0 Å². The summed E-state index contributed by atoms with van der Waals surface area (Å²) in [5, 5.41) is 0. The fourth-order valence-electron chi connectivity index (χ4n) is 1.92. The van der Waals surface area contributed by atoms with Gasteiger partial charge in [-0.05, 0) is 0 Å². The molecule has 0 aliphatic carbocycles. The fraction of sp³-hybridized carbons (Fsp3) is 0.444. The molecular formula is C18H26Cr. The maximum atomic E-state index is 2.23. The van der Waals surface area contributed by atoms with Crippen LogP contribution in [0.5, 0.6) is 0 Å². The van der Waals surface area contributed by atoms with Crippen molar-refractivity contribution in [3.05, 3.63) is 59.7 Å². The summed E-state index contributed by atoms with van der Waals surface area (Å²) in [6, 6.07) is 17.2. The van der Waals surface area contributed by atoms with Gasteiger partial charge in [-0.1, -0.05) is 52.4 Å². The van der Waals surface area contributed by atoms with Crippen molar-refractivity contribution in [2.24, 2.45) is 0 Å². The van der Waals surface area contributed by atoms with Crippen LogP contribution in [0.3, 0.4) is 0 Å². The third-order valence-corrected chi connectivity index (χ3v) is 3.10. The molecule has 0 saturated heterocycles. The fourth-order valence-corrected chi connectivity index (χ4v) is 1.92. The summed E-state index contributed by atoms with van der Waals surface area (Å²) in [4.78, 5) is 0. The maximum absolute atomic E-state index is 2.23. The first kappa shape index (κ1) is 18.2. The van der Waals surface area contributed by atoms with E-state index in [2.05, 4.69) is 62.4 Å². The Labute approximate surface area is 129 Å². The molecule has 0 atom stereocenters. The quantitative estimate of drug-likeness (QED) is 0.618. The van der Waals surface area contributed by atoms with E-state index in [0.29, 0.717) is 0 Å². The number of unbranched alkanes of at least 4 members (excludes halogenated alkanes) is 2. The van der Waals surface area contributed by atoms with Crippen LogP contribution in [0, 0.1) is 0 Å². The number of hydrogen-bond acceptors (Lipinski definition) is 0. The van der Waals surface area contributed by atoms with Crippen molar-refractivity contribution < 1.29 is 17.4 Å². The molecule has 0 spiro atoms. The summed E-state index contributed by atoms with van der Waals surface area (Å²) in [6.45, 7) is 4.45. The van der Waals surface area contributed by atoms with Gasteiger partial charge in [-0.2, -0.15) is 35.4 Å². The van der Waals surface area contributed by atoms with Crippen molar-refractivity contribution in [2.45, 2.75) is 52.4 Å². The van der Waals surface area contributed by atoms with Gasteiger partial charge in [-0.3, -0.25) is 0 Å². The third-order valence-electron chi connectivity index (χ3n) is 3.10. The molecule has 2 rings (SSSR count). The summed E-state index contributed by atoms with van der Waals surface area (Å²) in [5.41, 5.74) is 2.97. The molecule has 0 saturated carbocycles. The van der Waals surface area contributed by atoms with Crippen LogP contribution < -0.4 is 0 Å². The molecular weight excluding hydrogens is 268 g/mol. The Balaban J connectivity index is 0.000000324. The van der Waals surface area contributed by atoms with Gasteiger partial charge in [-0.25, -0.2) is 24.3 Å². The standard InChI is InChI=1S/2C9H13.Cr/c2*1-2-3-6-9-7-4-5-8-9;/h2*4-5,7-8H,2-3,6H2,1H3;/q2*-1;+2. The molecule has 104 valence electrons. The second-order valence-electron chi connectivity index (χ2n) is 4.79. The summed E-state index contributed by atoms with van der Waals surface area (Å²) in [7, 11) is 0. The van der Waals surface area contributed by atoms with Gasteiger partial charge < -0.3 is 0 Å². The molecule has 0 bridgehead atoms. The van der Waals surface area contributed by atoms with E-state index in [0.717, 1.165) is 0 Å². The molecule has 0 fully saturated rings. The second-order valence-corrected chi connectivity index (χ2v) is 4.79. The van der Waals surface area contributed by atoms with Crippen LogP contribution in [0.2, 0.25) is 0 Å². The zero-order chi connectivity index (χ0) is 13.1. The van der Waals surface area contributed by atoms with E-state index < -0.39 is 0 Å². The second kappa shape index (κ2) is 12.3. The van der Waals surface area contributed by atoms with Gasteiger partial charge in [-0.15, -0.1) is 0 Å². The smallest absolute Gasteiger partial charge is 0.213 e. The van der Waals surface area contributed by atoms with E-state index in [-0.39, 0.29) is 17.4 Å². The monoisotopic (exact) mass is 294 g/mol. The zero-order valence-electron chi connectivity index (χ0n) is 12.3. The Morgan fingerprint density at radius 1 is 0.789 bits per heavy atom. The molecule has 2 aromatic rings. The minimum absolute atomic E-state index is 0. The Morgan fingerprint density at radius 3 is 1.47 bits per heavy atom. The van der Waals surface area contributed by atoms with Gasteiger partial charge in [0.25, 0.3) is 0 Å². The Kier molecular flexibility index (Phi) is 11.8. The van der Waals surface area contributed by atoms with Gasteiger partial charge in [0.2, 0.25) is 0 Å².